The van der Waals surface area contributed by atoms with E-state index < -0.39 is 0 Å². The molecule has 0 atom stereocenters. The minimum absolute atomic E-state index is 0.0170. The molecule has 0 aliphatic carbocycles. The Bertz CT molecular complexity index is 1040. The number of hydrogen-bond donors (Lipinski definition) is 0. The molecule has 0 aliphatic heterocycles. The van der Waals surface area contributed by atoms with Gasteiger partial charge >= 0.3 is 0 Å². The number of fused-ring (bicyclic) bond motifs is 1. The lowest BCUT2D eigenvalue weighted by Gasteiger charge is -2.22. The average Bonchev–Trinajstić information content (AvgIpc) is 2.67. The van der Waals surface area contributed by atoms with Crippen LogP contribution in [0.1, 0.15) is 24.0 Å². The Morgan fingerprint density at radius 2 is 1.89 bits per heavy atom. The smallest absolute Gasteiger partial charge is 0.237 e. The van der Waals surface area contributed by atoms with Gasteiger partial charge in [-0.3, -0.25) is 4.79 Å². The van der Waals surface area contributed by atoms with Crippen molar-refractivity contribution in [3.05, 3.63) is 59.5 Å². The summed E-state index contributed by atoms with van der Waals surface area (Å²) in [4.78, 5) is 23.3. The van der Waals surface area contributed by atoms with Gasteiger partial charge in [-0.1, -0.05) is 48.2 Å². The van der Waals surface area contributed by atoms with E-state index in [1.807, 2.05) is 49.4 Å². The first-order chi connectivity index (χ1) is 13.0. The van der Waals surface area contributed by atoms with Crippen molar-refractivity contribution in [1.29, 1.82) is 5.26 Å². The molecule has 1 amide bonds. The molecule has 1 aromatic heterocycles. The van der Waals surface area contributed by atoms with Crippen LogP contribution in [-0.2, 0) is 4.79 Å². The SMILES string of the molecule is CCN(C(=O)CSc1nc(C)nc(C)c1C#N)c1cccc2ccccc12. The molecule has 0 unspecified atom stereocenters. The number of anilines is 1. The minimum atomic E-state index is -0.0170. The van der Waals surface area contributed by atoms with Gasteiger partial charge in [0, 0.05) is 11.9 Å². The summed E-state index contributed by atoms with van der Waals surface area (Å²) >= 11 is 1.29. The monoisotopic (exact) mass is 376 g/mol. The van der Waals surface area contributed by atoms with E-state index >= 15 is 0 Å². The quantitative estimate of drug-likeness (QED) is 0.491. The molecule has 0 saturated carbocycles. The summed E-state index contributed by atoms with van der Waals surface area (Å²) in [6.07, 6.45) is 0. The molecule has 5 nitrogen and oxygen atoms in total. The van der Waals surface area contributed by atoms with E-state index in [-0.39, 0.29) is 11.7 Å². The van der Waals surface area contributed by atoms with Gasteiger partial charge in [-0.05, 0) is 32.2 Å². The maximum atomic E-state index is 12.9. The van der Waals surface area contributed by atoms with Gasteiger partial charge in [-0.2, -0.15) is 5.26 Å². The first-order valence-corrected chi connectivity index (χ1v) is 9.70. The fourth-order valence-electron chi connectivity index (χ4n) is 3.05. The predicted molar refractivity (Wildman–Crippen MR) is 109 cm³/mol. The molecule has 0 aliphatic rings. The fourth-order valence-corrected chi connectivity index (χ4v) is 4.00. The van der Waals surface area contributed by atoms with Crippen molar-refractivity contribution in [2.24, 2.45) is 0 Å². The number of nitriles is 1. The lowest BCUT2D eigenvalue weighted by molar-refractivity contribution is -0.116. The number of amides is 1. The summed E-state index contributed by atoms with van der Waals surface area (Å²) in [6, 6.07) is 16.1. The summed E-state index contributed by atoms with van der Waals surface area (Å²) in [5.41, 5.74) is 1.98. The standard InChI is InChI=1S/C21H20N4OS/c1-4-25(19-11-7-9-16-8-5-6-10-17(16)19)20(26)13-27-21-18(12-22)14(2)23-15(3)24-21/h5-11H,4,13H2,1-3H3. The van der Waals surface area contributed by atoms with Crippen molar-refractivity contribution in [2.45, 2.75) is 25.8 Å². The van der Waals surface area contributed by atoms with Gasteiger partial charge < -0.3 is 4.90 Å². The fraction of sp³-hybridized carbons (Fsp3) is 0.238. The average molecular weight is 376 g/mol. The molecule has 1 heterocycles. The van der Waals surface area contributed by atoms with Crippen molar-refractivity contribution in [2.75, 3.05) is 17.2 Å². The second-order valence-corrected chi connectivity index (χ2v) is 7.04. The van der Waals surface area contributed by atoms with Crippen molar-refractivity contribution in [1.82, 2.24) is 9.97 Å². The lowest BCUT2D eigenvalue weighted by Crippen LogP contribution is -2.32. The number of carbonyl (C=O) groups is 1. The minimum Gasteiger partial charge on any atom is -0.311 e. The van der Waals surface area contributed by atoms with E-state index in [9.17, 15) is 10.1 Å². The maximum Gasteiger partial charge on any atom is 0.237 e. The molecular weight excluding hydrogens is 356 g/mol. The molecular formula is C21H20N4OS. The van der Waals surface area contributed by atoms with E-state index in [1.165, 1.54) is 11.8 Å². The zero-order valence-electron chi connectivity index (χ0n) is 15.6. The third-order valence-corrected chi connectivity index (χ3v) is 5.25. The number of carbonyl (C=O) groups excluding carboxylic acids is 1. The first-order valence-electron chi connectivity index (χ1n) is 8.71. The third kappa shape index (κ3) is 3.93. The van der Waals surface area contributed by atoms with Crippen LogP contribution in [0.5, 0.6) is 0 Å². The van der Waals surface area contributed by atoms with Gasteiger partial charge in [0.25, 0.3) is 0 Å². The highest BCUT2D eigenvalue weighted by atomic mass is 32.2. The van der Waals surface area contributed by atoms with Gasteiger partial charge in [0.15, 0.2) is 0 Å². The van der Waals surface area contributed by atoms with Gasteiger partial charge in [0.2, 0.25) is 5.91 Å². The molecule has 27 heavy (non-hydrogen) atoms. The predicted octanol–water partition coefficient (Wildman–Crippen LogP) is 4.26. The van der Waals surface area contributed by atoms with Crippen LogP contribution in [0.15, 0.2) is 47.5 Å². The van der Waals surface area contributed by atoms with Crippen molar-refractivity contribution >= 4 is 34.1 Å². The summed E-state index contributed by atoms with van der Waals surface area (Å²) in [5, 5.41) is 12.1. The van der Waals surface area contributed by atoms with Crippen molar-refractivity contribution < 1.29 is 4.79 Å². The van der Waals surface area contributed by atoms with Crippen LogP contribution in [0.3, 0.4) is 0 Å². The zero-order valence-corrected chi connectivity index (χ0v) is 16.4. The van der Waals surface area contributed by atoms with Crippen LogP contribution in [0.4, 0.5) is 5.69 Å². The van der Waals surface area contributed by atoms with Crippen molar-refractivity contribution in [3.8, 4) is 6.07 Å². The number of aromatic nitrogens is 2. The summed E-state index contributed by atoms with van der Waals surface area (Å²) in [5.74, 6) is 0.793. The Morgan fingerprint density at radius 1 is 1.15 bits per heavy atom. The van der Waals surface area contributed by atoms with E-state index in [1.54, 1.807) is 18.7 Å². The second-order valence-electron chi connectivity index (χ2n) is 6.07. The summed E-state index contributed by atoms with van der Waals surface area (Å²) in [7, 11) is 0. The highest BCUT2D eigenvalue weighted by Crippen LogP contribution is 2.28. The van der Waals surface area contributed by atoms with Gasteiger partial charge in [-0.15, -0.1) is 0 Å². The third-order valence-electron chi connectivity index (χ3n) is 4.29. The molecule has 136 valence electrons. The van der Waals surface area contributed by atoms with Crippen LogP contribution in [0.25, 0.3) is 10.8 Å². The zero-order chi connectivity index (χ0) is 19.4. The molecule has 6 heteroatoms. The summed E-state index contributed by atoms with van der Waals surface area (Å²) in [6.45, 7) is 6.10. The highest BCUT2D eigenvalue weighted by Gasteiger charge is 2.18. The number of hydrogen-bond acceptors (Lipinski definition) is 5. The Labute approximate surface area is 163 Å². The molecule has 0 N–H and O–H groups in total. The van der Waals surface area contributed by atoms with Crippen molar-refractivity contribution in [3.63, 3.8) is 0 Å². The second kappa shape index (κ2) is 8.19. The Balaban J connectivity index is 1.86. The molecule has 0 fully saturated rings. The maximum absolute atomic E-state index is 12.9. The van der Waals surface area contributed by atoms with Crippen LogP contribution in [0, 0.1) is 25.2 Å². The molecule has 3 rings (SSSR count). The molecule has 0 spiro atoms. The van der Waals surface area contributed by atoms with Gasteiger partial charge in [-0.25, -0.2) is 9.97 Å². The van der Waals surface area contributed by atoms with Crippen LogP contribution < -0.4 is 4.90 Å². The van der Waals surface area contributed by atoms with E-state index in [0.717, 1.165) is 16.5 Å². The van der Waals surface area contributed by atoms with E-state index in [0.29, 0.717) is 28.7 Å². The Kier molecular flexibility index (Phi) is 5.72. The van der Waals surface area contributed by atoms with Gasteiger partial charge in [0.05, 0.1) is 17.1 Å². The molecule has 0 saturated heterocycles. The van der Waals surface area contributed by atoms with E-state index in [4.69, 9.17) is 0 Å². The first kappa shape index (κ1) is 18.9. The molecule has 0 radical (unpaired) electrons. The largest absolute Gasteiger partial charge is 0.311 e. The van der Waals surface area contributed by atoms with Crippen LogP contribution in [0.2, 0.25) is 0 Å². The van der Waals surface area contributed by atoms with Crippen LogP contribution >= 0.6 is 11.8 Å². The van der Waals surface area contributed by atoms with Crippen LogP contribution in [-0.4, -0.2) is 28.2 Å². The Morgan fingerprint density at radius 3 is 2.63 bits per heavy atom. The lowest BCUT2D eigenvalue weighted by atomic mass is 10.1. The normalized spacial score (nSPS) is 10.6. The van der Waals surface area contributed by atoms with E-state index in [2.05, 4.69) is 16.0 Å². The number of benzene rings is 2. The number of thioether (sulfide) groups is 1. The molecule has 0 bridgehead atoms. The molecule has 3 aromatic rings. The van der Waals surface area contributed by atoms with Gasteiger partial charge in [0.1, 0.15) is 22.5 Å². The highest BCUT2D eigenvalue weighted by molar-refractivity contribution is 8.00. The number of aryl methyl sites for hydroxylation is 2. The number of rotatable bonds is 5. The summed E-state index contributed by atoms with van der Waals surface area (Å²) < 4.78 is 0. The molecule has 2 aromatic carbocycles. The topological polar surface area (TPSA) is 69.9 Å². The Hall–Kier alpha value is -2.91. The number of nitrogens with zero attached hydrogens (tertiary/aromatic N) is 4.